The first-order valence-electron chi connectivity index (χ1n) is 8.11. The van der Waals surface area contributed by atoms with E-state index in [-0.39, 0.29) is 30.5 Å². The fraction of sp³-hybridized carbons (Fsp3) is 0.529. The zero-order chi connectivity index (χ0) is 17.5. The summed E-state index contributed by atoms with van der Waals surface area (Å²) >= 11 is 0. The average molecular weight is 335 g/mol. The third-order valence-electron chi connectivity index (χ3n) is 3.63. The number of rotatable bonds is 7. The Morgan fingerprint density at radius 3 is 2.75 bits per heavy atom. The first-order chi connectivity index (χ1) is 11.5. The van der Waals surface area contributed by atoms with Crippen LogP contribution in [0, 0.1) is 0 Å². The second-order valence-corrected chi connectivity index (χ2v) is 6.04. The number of methoxy groups -OCH3 is 1. The number of hydrogen-bond donors (Lipinski definition) is 3. The normalized spacial score (nSPS) is 16.8. The Morgan fingerprint density at radius 2 is 2.12 bits per heavy atom. The van der Waals surface area contributed by atoms with E-state index in [2.05, 4.69) is 16.0 Å². The van der Waals surface area contributed by atoms with E-state index in [0.717, 1.165) is 19.5 Å². The highest BCUT2D eigenvalue weighted by atomic mass is 16.5. The van der Waals surface area contributed by atoms with Crippen molar-refractivity contribution in [1.82, 2.24) is 16.0 Å². The number of carbonyl (C=O) groups is 2. The van der Waals surface area contributed by atoms with Crippen molar-refractivity contribution in [2.75, 3.05) is 26.8 Å². The van der Waals surface area contributed by atoms with Crippen LogP contribution in [-0.4, -0.2) is 50.7 Å². The van der Waals surface area contributed by atoms with Crippen molar-refractivity contribution >= 4 is 11.8 Å². The van der Waals surface area contributed by atoms with E-state index in [1.54, 1.807) is 18.2 Å². The molecule has 24 heavy (non-hydrogen) atoms. The molecule has 132 valence electrons. The quantitative estimate of drug-likeness (QED) is 0.682. The maximum absolute atomic E-state index is 12.3. The first-order valence-corrected chi connectivity index (χ1v) is 8.11. The van der Waals surface area contributed by atoms with Gasteiger partial charge in [-0.3, -0.25) is 9.59 Å². The topological polar surface area (TPSA) is 88.7 Å². The molecule has 1 fully saturated rings. The molecule has 3 N–H and O–H groups in total. The fourth-order valence-corrected chi connectivity index (χ4v) is 2.48. The van der Waals surface area contributed by atoms with Crippen LogP contribution in [-0.2, 0) is 4.79 Å². The van der Waals surface area contributed by atoms with Crippen molar-refractivity contribution in [3.8, 4) is 11.5 Å². The van der Waals surface area contributed by atoms with E-state index in [0.29, 0.717) is 17.1 Å². The Balaban J connectivity index is 1.98. The molecule has 1 heterocycles. The lowest BCUT2D eigenvalue weighted by atomic mass is 10.1. The molecular formula is C17H25N3O4. The maximum atomic E-state index is 12.3. The third-order valence-corrected chi connectivity index (χ3v) is 3.63. The van der Waals surface area contributed by atoms with Gasteiger partial charge in [-0.1, -0.05) is 0 Å². The maximum Gasteiger partial charge on any atom is 0.258 e. The van der Waals surface area contributed by atoms with Crippen LogP contribution in [0.3, 0.4) is 0 Å². The van der Waals surface area contributed by atoms with Crippen LogP contribution in [0.2, 0.25) is 0 Å². The number of benzene rings is 1. The zero-order valence-electron chi connectivity index (χ0n) is 14.3. The van der Waals surface area contributed by atoms with Crippen LogP contribution in [0.5, 0.6) is 11.5 Å². The van der Waals surface area contributed by atoms with E-state index in [1.165, 1.54) is 7.11 Å². The van der Waals surface area contributed by atoms with Crippen LogP contribution in [0.1, 0.15) is 30.6 Å². The van der Waals surface area contributed by atoms with Gasteiger partial charge in [-0.15, -0.1) is 0 Å². The summed E-state index contributed by atoms with van der Waals surface area (Å²) < 4.78 is 10.8. The van der Waals surface area contributed by atoms with Gasteiger partial charge in [-0.2, -0.15) is 0 Å². The Kier molecular flexibility index (Phi) is 6.43. The Morgan fingerprint density at radius 1 is 1.33 bits per heavy atom. The minimum Gasteiger partial charge on any atom is -0.493 e. The van der Waals surface area contributed by atoms with Gasteiger partial charge in [-0.25, -0.2) is 0 Å². The SMILES string of the molecule is COc1cc(C(=O)NC2CCNC2)ccc1OCC(=O)NC(C)C. The number of nitrogens with one attached hydrogen (secondary N) is 3. The highest BCUT2D eigenvalue weighted by molar-refractivity contribution is 5.95. The fourth-order valence-electron chi connectivity index (χ4n) is 2.48. The lowest BCUT2D eigenvalue weighted by Crippen LogP contribution is -2.36. The smallest absolute Gasteiger partial charge is 0.258 e. The summed E-state index contributed by atoms with van der Waals surface area (Å²) in [5, 5.41) is 8.93. The summed E-state index contributed by atoms with van der Waals surface area (Å²) in [5.74, 6) is 0.494. The highest BCUT2D eigenvalue weighted by Crippen LogP contribution is 2.28. The van der Waals surface area contributed by atoms with Crippen LogP contribution >= 0.6 is 0 Å². The van der Waals surface area contributed by atoms with Gasteiger partial charge in [0, 0.05) is 24.2 Å². The molecule has 0 aliphatic carbocycles. The van der Waals surface area contributed by atoms with Crippen molar-refractivity contribution in [2.24, 2.45) is 0 Å². The minimum absolute atomic E-state index is 0.0548. The van der Waals surface area contributed by atoms with Gasteiger partial charge in [0.15, 0.2) is 18.1 Å². The number of hydrogen-bond acceptors (Lipinski definition) is 5. The Labute approximate surface area is 142 Å². The molecule has 1 aromatic carbocycles. The highest BCUT2D eigenvalue weighted by Gasteiger charge is 2.19. The van der Waals surface area contributed by atoms with E-state index in [1.807, 2.05) is 13.8 Å². The molecule has 1 saturated heterocycles. The molecule has 0 aromatic heterocycles. The summed E-state index contributed by atoms with van der Waals surface area (Å²) in [6.45, 7) is 5.36. The minimum atomic E-state index is -0.206. The number of carbonyl (C=O) groups excluding carboxylic acids is 2. The van der Waals surface area contributed by atoms with Gasteiger partial charge < -0.3 is 25.4 Å². The van der Waals surface area contributed by atoms with Gasteiger partial charge in [0.25, 0.3) is 11.8 Å². The Hall–Kier alpha value is -2.28. The van der Waals surface area contributed by atoms with Gasteiger partial charge in [-0.05, 0) is 45.0 Å². The summed E-state index contributed by atoms with van der Waals surface area (Å²) in [7, 11) is 1.50. The van der Waals surface area contributed by atoms with Gasteiger partial charge >= 0.3 is 0 Å². The summed E-state index contributed by atoms with van der Waals surface area (Å²) in [6.07, 6.45) is 0.926. The van der Waals surface area contributed by atoms with Crippen LogP contribution in [0.25, 0.3) is 0 Å². The standard InChI is InChI=1S/C17H25N3O4/c1-11(2)19-16(21)10-24-14-5-4-12(8-15(14)23-3)17(22)20-13-6-7-18-9-13/h4-5,8,11,13,18H,6-7,9-10H2,1-3H3,(H,19,21)(H,20,22). The zero-order valence-corrected chi connectivity index (χ0v) is 14.3. The van der Waals surface area contributed by atoms with Gasteiger partial charge in [0.1, 0.15) is 0 Å². The Bertz CT molecular complexity index is 583. The second-order valence-electron chi connectivity index (χ2n) is 6.04. The van der Waals surface area contributed by atoms with E-state index < -0.39 is 0 Å². The van der Waals surface area contributed by atoms with Crippen molar-refractivity contribution in [1.29, 1.82) is 0 Å². The molecule has 7 nitrogen and oxygen atoms in total. The molecule has 1 unspecified atom stereocenters. The molecule has 2 amide bonds. The lowest BCUT2D eigenvalue weighted by Gasteiger charge is -2.14. The molecule has 1 aromatic rings. The lowest BCUT2D eigenvalue weighted by molar-refractivity contribution is -0.123. The van der Waals surface area contributed by atoms with Gasteiger partial charge in [0.2, 0.25) is 0 Å². The molecular weight excluding hydrogens is 310 g/mol. The summed E-state index contributed by atoms with van der Waals surface area (Å²) in [5.41, 5.74) is 0.498. The molecule has 1 atom stereocenters. The summed E-state index contributed by atoms with van der Waals surface area (Å²) in [6, 6.07) is 5.13. The van der Waals surface area contributed by atoms with Crippen molar-refractivity contribution in [3.05, 3.63) is 23.8 Å². The van der Waals surface area contributed by atoms with Crippen LogP contribution in [0.15, 0.2) is 18.2 Å². The third kappa shape index (κ3) is 5.13. The number of ether oxygens (including phenoxy) is 2. The van der Waals surface area contributed by atoms with Crippen molar-refractivity contribution in [2.45, 2.75) is 32.4 Å². The predicted molar refractivity (Wildman–Crippen MR) is 90.5 cm³/mol. The number of amides is 2. The molecule has 7 heteroatoms. The van der Waals surface area contributed by atoms with Gasteiger partial charge in [0.05, 0.1) is 7.11 Å². The van der Waals surface area contributed by atoms with Crippen molar-refractivity contribution in [3.63, 3.8) is 0 Å². The predicted octanol–water partition coefficient (Wildman–Crippen LogP) is 0.690. The van der Waals surface area contributed by atoms with Crippen LogP contribution in [0.4, 0.5) is 0 Å². The van der Waals surface area contributed by atoms with E-state index >= 15 is 0 Å². The molecule has 2 rings (SSSR count). The molecule has 0 saturated carbocycles. The molecule has 0 spiro atoms. The van der Waals surface area contributed by atoms with E-state index in [9.17, 15) is 9.59 Å². The van der Waals surface area contributed by atoms with E-state index in [4.69, 9.17) is 9.47 Å². The van der Waals surface area contributed by atoms with Crippen LogP contribution < -0.4 is 25.4 Å². The first kappa shape index (κ1) is 18.1. The molecule has 0 bridgehead atoms. The molecule has 1 aliphatic rings. The van der Waals surface area contributed by atoms with Crippen molar-refractivity contribution < 1.29 is 19.1 Å². The largest absolute Gasteiger partial charge is 0.493 e. The molecule has 1 aliphatic heterocycles. The molecule has 0 radical (unpaired) electrons. The average Bonchev–Trinajstić information content (AvgIpc) is 3.05. The summed E-state index contributed by atoms with van der Waals surface area (Å²) in [4.78, 5) is 23.9. The second kappa shape index (κ2) is 8.54. The monoisotopic (exact) mass is 335 g/mol.